The lowest BCUT2D eigenvalue weighted by Crippen LogP contribution is -2.47. The average molecular weight is 405 g/mol. The van der Waals surface area contributed by atoms with Crippen LogP contribution in [0.3, 0.4) is 0 Å². The van der Waals surface area contributed by atoms with Crippen molar-refractivity contribution >= 4 is 5.96 Å². The molecule has 0 amide bonds. The smallest absolute Gasteiger partial charge is 0.191 e. The summed E-state index contributed by atoms with van der Waals surface area (Å²) in [5, 5.41) is 7.19. The first-order valence-corrected chi connectivity index (χ1v) is 11.6. The summed E-state index contributed by atoms with van der Waals surface area (Å²) in [6.07, 6.45) is 12.0. The number of piperidine rings is 1. The van der Waals surface area contributed by atoms with Crippen LogP contribution in [0.1, 0.15) is 70.1 Å². The minimum atomic E-state index is 0.252. The molecule has 0 radical (unpaired) electrons. The number of furan rings is 1. The summed E-state index contributed by atoms with van der Waals surface area (Å²) in [5.74, 6) is 1.93. The van der Waals surface area contributed by atoms with Gasteiger partial charge in [0, 0.05) is 33.4 Å². The maximum atomic E-state index is 5.77. The summed E-state index contributed by atoms with van der Waals surface area (Å²) in [6, 6.07) is 4.34. The second kappa shape index (κ2) is 11.6. The second-order valence-electron chi connectivity index (χ2n) is 8.59. The second-order valence-corrected chi connectivity index (χ2v) is 8.59. The highest BCUT2D eigenvalue weighted by molar-refractivity contribution is 5.79. The maximum absolute atomic E-state index is 5.77. The third-order valence-electron chi connectivity index (χ3n) is 6.67. The summed E-state index contributed by atoms with van der Waals surface area (Å²) >= 11 is 0. The lowest BCUT2D eigenvalue weighted by molar-refractivity contribution is 0.105. The van der Waals surface area contributed by atoms with Gasteiger partial charge in [0.1, 0.15) is 5.76 Å². The topological polar surface area (TPSA) is 62.0 Å². The highest BCUT2D eigenvalue weighted by Crippen LogP contribution is 2.40. The first-order chi connectivity index (χ1) is 14.3. The monoisotopic (exact) mass is 404 g/mol. The van der Waals surface area contributed by atoms with Crippen LogP contribution in [0.2, 0.25) is 0 Å². The normalized spacial score (nSPS) is 21.2. The van der Waals surface area contributed by atoms with Crippen molar-refractivity contribution in [1.82, 2.24) is 15.5 Å². The van der Waals surface area contributed by atoms with Crippen molar-refractivity contribution in [3.05, 3.63) is 24.2 Å². The zero-order valence-electron chi connectivity index (χ0n) is 18.4. The molecular weight excluding hydrogens is 364 g/mol. The molecular formula is C23H40N4O2. The molecule has 6 nitrogen and oxygen atoms in total. The van der Waals surface area contributed by atoms with Crippen molar-refractivity contribution in [2.75, 3.05) is 46.4 Å². The minimum Gasteiger partial charge on any atom is -0.468 e. The predicted octanol–water partition coefficient (Wildman–Crippen LogP) is 3.96. The molecule has 0 aromatic carbocycles. The van der Waals surface area contributed by atoms with Gasteiger partial charge in [-0.2, -0.15) is 0 Å². The van der Waals surface area contributed by atoms with Crippen molar-refractivity contribution in [3.63, 3.8) is 0 Å². The Bertz CT molecular complexity index is 590. The highest BCUT2D eigenvalue weighted by Gasteiger charge is 2.33. The van der Waals surface area contributed by atoms with Crippen molar-refractivity contribution in [3.8, 4) is 0 Å². The zero-order chi connectivity index (χ0) is 20.4. The van der Waals surface area contributed by atoms with Gasteiger partial charge in [0.05, 0.1) is 12.3 Å². The van der Waals surface area contributed by atoms with E-state index < -0.39 is 0 Å². The Morgan fingerprint density at radius 3 is 2.66 bits per heavy atom. The summed E-state index contributed by atoms with van der Waals surface area (Å²) in [6.45, 7) is 7.79. The lowest BCUT2D eigenvalue weighted by Gasteiger charge is -2.34. The molecule has 1 unspecified atom stereocenters. The Morgan fingerprint density at radius 1 is 1.21 bits per heavy atom. The van der Waals surface area contributed by atoms with Gasteiger partial charge in [0.15, 0.2) is 5.96 Å². The van der Waals surface area contributed by atoms with Crippen molar-refractivity contribution in [1.29, 1.82) is 0 Å². The largest absolute Gasteiger partial charge is 0.468 e. The van der Waals surface area contributed by atoms with E-state index >= 15 is 0 Å². The number of hydrogen-bond acceptors (Lipinski definition) is 4. The first-order valence-electron chi connectivity index (χ1n) is 11.6. The number of likely N-dealkylation sites (tertiary alicyclic amines) is 1. The number of guanidine groups is 1. The van der Waals surface area contributed by atoms with Gasteiger partial charge in [-0.25, -0.2) is 0 Å². The minimum absolute atomic E-state index is 0.252. The predicted molar refractivity (Wildman–Crippen MR) is 118 cm³/mol. The van der Waals surface area contributed by atoms with Crippen LogP contribution < -0.4 is 10.6 Å². The maximum Gasteiger partial charge on any atom is 0.191 e. The Labute approximate surface area is 176 Å². The van der Waals surface area contributed by atoms with Gasteiger partial charge in [0.25, 0.3) is 0 Å². The van der Waals surface area contributed by atoms with Gasteiger partial charge in [-0.05, 0) is 69.7 Å². The van der Waals surface area contributed by atoms with E-state index in [-0.39, 0.29) is 6.04 Å². The van der Waals surface area contributed by atoms with Gasteiger partial charge < -0.3 is 19.8 Å². The van der Waals surface area contributed by atoms with Crippen molar-refractivity contribution in [2.24, 2.45) is 10.4 Å². The fourth-order valence-electron chi connectivity index (χ4n) is 4.88. The molecule has 1 aromatic heterocycles. The van der Waals surface area contributed by atoms with Crippen LogP contribution in [0.4, 0.5) is 0 Å². The number of aliphatic imine (C=N–C) groups is 1. The summed E-state index contributed by atoms with van der Waals surface area (Å²) in [4.78, 5) is 7.03. The van der Waals surface area contributed by atoms with E-state index in [0.29, 0.717) is 5.41 Å². The molecule has 3 rings (SSSR count). The SMILES string of the molecule is CCOCCC1(CNC(=NC)NCC(c2ccco2)N2CCCCC2)CCCC1. The van der Waals surface area contributed by atoms with E-state index in [2.05, 4.69) is 33.5 Å². The van der Waals surface area contributed by atoms with Crippen LogP contribution in [0.25, 0.3) is 0 Å². The quantitative estimate of drug-likeness (QED) is 0.351. The van der Waals surface area contributed by atoms with Crippen LogP contribution in [-0.2, 0) is 4.74 Å². The molecule has 2 N–H and O–H groups in total. The molecule has 1 aliphatic heterocycles. The van der Waals surface area contributed by atoms with Gasteiger partial charge in [-0.3, -0.25) is 9.89 Å². The lowest BCUT2D eigenvalue weighted by atomic mass is 9.83. The van der Waals surface area contributed by atoms with Crippen molar-refractivity contribution in [2.45, 2.75) is 64.3 Å². The molecule has 1 saturated heterocycles. The zero-order valence-corrected chi connectivity index (χ0v) is 18.4. The molecule has 2 aliphatic rings. The molecule has 1 saturated carbocycles. The standard InChI is InChI=1S/C23H40N4O2/c1-3-28-17-13-23(11-5-6-12-23)19-26-22(24-2)25-18-20(21-10-9-16-29-21)27-14-7-4-8-15-27/h9-10,16,20H,3-8,11-15,17-19H2,1-2H3,(H2,24,25,26). The van der Waals surface area contributed by atoms with E-state index in [1.807, 2.05) is 13.1 Å². The molecule has 1 atom stereocenters. The molecule has 0 spiro atoms. The summed E-state index contributed by atoms with van der Waals surface area (Å²) in [7, 11) is 1.86. The van der Waals surface area contributed by atoms with Crippen LogP contribution in [0, 0.1) is 5.41 Å². The molecule has 6 heteroatoms. The molecule has 1 aliphatic carbocycles. The average Bonchev–Trinajstić information content (AvgIpc) is 3.44. The van der Waals surface area contributed by atoms with E-state index in [1.54, 1.807) is 6.26 Å². The Kier molecular flexibility index (Phi) is 8.87. The van der Waals surface area contributed by atoms with Gasteiger partial charge in [-0.1, -0.05) is 19.3 Å². The van der Waals surface area contributed by atoms with Crippen LogP contribution in [0.15, 0.2) is 27.8 Å². The molecule has 2 heterocycles. The third kappa shape index (κ3) is 6.48. The number of nitrogens with one attached hydrogen (secondary N) is 2. The van der Waals surface area contributed by atoms with E-state index in [0.717, 1.165) is 57.5 Å². The number of hydrogen-bond donors (Lipinski definition) is 2. The van der Waals surface area contributed by atoms with Gasteiger partial charge >= 0.3 is 0 Å². The summed E-state index contributed by atoms with van der Waals surface area (Å²) < 4.78 is 11.4. The fourth-order valence-corrected chi connectivity index (χ4v) is 4.88. The number of nitrogens with zero attached hydrogens (tertiary/aromatic N) is 2. The van der Waals surface area contributed by atoms with E-state index in [9.17, 15) is 0 Å². The molecule has 0 bridgehead atoms. The highest BCUT2D eigenvalue weighted by atomic mass is 16.5. The Balaban J connectivity index is 1.54. The molecule has 164 valence electrons. The number of ether oxygens (including phenoxy) is 1. The number of rotatable bonds is 10. The molecule has 29 heavy (non-hydrogen) atoms. The van der Waals surface area contributed by atoms with Crippen LogP contribution in [-0.4, -0.2) is 57.3 Å². The molecule has 1 aromatic rings. The van der Waals surface area contributed by atoms with Crippen LogP contribution in [0.5, 0.6) is 0 Å². The van der Waals surface area contributed by atoms with E-state index in [1.165, 1.54) is 44.9 Å². The van der Waals surface area contributed by atoms with Crippen molar-refractivity contribution < 1.29 is 9.15 Å². The third-order valence-corrected chi connectivity index (χ3v) is 6.67. The van der Waals surface area contributed by atoms with Crippen LogP contribution >= 0.6 is 0 Å². The Hall–Kier alpha value is -1.53. The van der Waals surface area contributed by atoms with Gasteiger partial charge in [0.2, 0.25) is 0 Å². The van der Waals surface area contributed by atoms with E-state index in [4.69, 9.17) is 9.15 Å². The molecule has 2 fully saturated rings. The summed E-state index contributed by atoms with van der Waals surface area (Å²) in [5.41, 5.74) is 0.347. The van der Waals surface area contributed by atoms with Gasteiger partial charge in [-0.15, -0.1) is 0 Å². The Morgan fingerprint density at radius 2 is 2.00 bits per heavy atom. The first kappa shape index (κ1) is 22.2. The fraction of sp³-hybridized carbons (Fsp3) is 0.783.